The average Bonchev–Trinajstić information content (AvgIpc) is 3.23. The first-order valence-electron chi connectivity index (χ1n) is 7.90. The largest absolute Gasteiger partial charge is 0.356 e. The van der Waals surface area contributed by atoms with Crippen LogP contribution in [-0.4, -0.2) is 30.9 Å². The van der Waals surface area contributed by atoms with Gasteiger partial charge in [0, 0.05) is 25.4 Å². The van der Waals surface area contributed by atoms with Crippen LogP contribution in [0.4, 0.5) is 0 Å². The van der Waals surface area contributed by atoms with E-state index in [4.69, 9.17) is 5.73 Å². The lowest BCUT2D eigenvalue weighted by Crippen LogP contribution is -2.39. The lowest BCUT2D eigenvalue weighted by molar-refractivity contribution is -0.124. The minimum Gasteiger partial charge on any atom is -0.356 e. The number of carbonyl (C=O) groups is 2. The SMILES string of the molecule is NCC1(CC(=O)NCCC(=O)NC2CC2)CCCCC1. The number of amides is 2. The molecule has 2 amide bonds. The summed E-state index contributed by atoms with van der Waals surface area (Å²) in [5.41, 5.74) is 5.88. The van der Waals surface area contributed by atoms with Crippen LogP contribution in [0.15, 0.2) is 0 Å². The van der Waals surface area contributed by atoms with Gasteiger partial charge in [-0.05, 0) is 37.6 Å². The molecule has 0 aromatic carbocycles. The van der Waals surface area contributed by atoms with Crippen LogP contribution in [0.3, 0.4) is 0 Å². The Bertz CT molecular complexity index is 347. The van der Waals surface area contributed by atoms with E-state index in [-0.39, 0.29) is 17.2 Å². The highest BCUT2D eigenvalue weighted by Gasteiger charge is 2.32. The van der Waals surface area contributed by atoms with Crippen LogP contribution in [0.5, 0.6) is 0 Å². The van der Waals surface area contributed by atoms with E-state index >= 15 is 0 Å². The zero-order chi connectivity index (χ0) is 14.4. The molecule has 2 rings (SSSR count). The zero-order valence-electron chi connectivity index (χ0n) is 12.2. The second-order valence-electron chi connectivity index (χ2n) is 6.38. The molecule has 114 valence electrons. The first kappa shape index (κ1) is 15.3. The van der Waals surface area contributed by atoms with Crippen molar-refractivity contribution in [2.75, 3.05) is 13.1 Å². The first-order valence-corrected chi connectivity index (χ1v) is 7.90. The molecule has 0 radical (unpaired) electrons. The van der Waals surface area contributed by atoms with Gasteiger partial charge >= 0.3 is 0 Å². The van der Waals surface area contributed by atoms with Crippen molar-refractivity contribution in [1.29, 1.82) is 0 Å². The Morgan fingerprint density at radius 3 is 2.40 bits per heavy atom. The van der Waals surface area contributed by atoms with Crippen molar-refractivity contribution in [2.45, 2.75) is 63.8 Å². The predicted molar refractivity (Wildman–Crippen MR) is 78.0 cm³/mol. The molecule has 4 N–H and O–H groups in total. The smallest absolute Gasteiger partial charge is 0.221 e. The molecular weight excluding hydrogens is 254 g/mol. The molecule has 0 unspecified atom stereocenters. The standard InChI is InChI=1S/C15H27N3O2/c16-11-15(7-2-1-3-8-15)10-14(20)17-9-6-13(19)18-12-4-5-12/h12H,1-11,16H2,(H,17,20)(H,18,19). The molecule has 0 aromatic heterocycles. The highest BCUT2D eigenvalue weighted by Crippen LogP contribution is 2.38. The average molecular weight is 281 g/mol. The van der Waals surface area contributed by atoms with Crippen molar-refractivity contribution in [3.05, 3.63) is 0 Å². The van der Waals surface area contributed by atoms with Crippen molar-refractivity contribution >= 4 is 11.8 Å². The fraction of sp³-hybridized carbons (Fsp3) is 0.867. The molecule has 2 saturated carbocycles. The Labute approximate surface area is 121 Å². The third-order valence-electron chi connectivity index (χ3n) is 4.50. The maximum absolute atomic E-state index is 12.0. The van der Waals surface area contributed by atoms with E-state index < -0.39 is 0 Å². The number of hydrogen-bond donors (Lipinski definition) is 3. The number of carbonyl (C=O) groups excluding carboxylic acids is 2. The number of rotatable bonds is 7. The Balaban J connectivity index is 1.64. The monoisotopic (exact) mass is 281 g/mol. The van der Waals surface area contributed by atoms with Gasteiger partial charge in [0.25, 0.3) is 0 Å². The number of nitrogens with two attached hydrogens (primary N) is 1. The van der Waals surface area contributed by atoms with Gasteiger partial charge in [0.15, 0.2) is 0 Å². The number of nitrogens with one attached hydrogen (secondary N) is 2. The highest BCUT2D eigenvalue weighted by atomic mass is 16.2. The minimum atomic E-state index is -0.00138. The maximum atomic E-state index is 12.0. The normalized spacial score (nSPS) is 21.2. The molecule has 0 bridgehead atoms. The molecule has 2 aliphatic carbocycles. The van der Waals surface area contributed by atoms with Gasteiger partial charge in [-0.25, -0.2) is 0 Å². The van der Waals surface area contributed by atoms with E-state index in [2.05, 4.69) is 10.6 Å². The van der Waals surface area contributed by atoms with Crippen LogP contribution >= 0.6 is 0 Å². The lowest BCUT2D eigenvalue weighted by Gasteiger charge is -2.35. The predicted octanol–water partition coefficient (Wildman–Crippen LogP) is 1.07. The molecule has 20 heavy (non-hydrogen) atoms. The summed E-state index contributed by atoms with van der Waals surface area (Å²) in [7, 11) is 0. The third-order valence-corrected chi connectivity index (χ3v) is 4.50. The van der Waals surface area contributed by atoms with Crippen LogP contribution in [0.1, 0.15) is 57.8 Å². The zero-order valence-corrected chi connectivity index (χ0v) is 12.2. The fourth-order valence-electron chi connectivity index (χ4n) is 3.00. The summed E-state index contributed by atoms with van der Waals surface area (Å²) >= 11 is 0. The Hall–Kier alpha value is -1.10. The van der Waals surface area contributed by atoms with E-state index in [0.29, 0.717) is 32.0 Å². The second-order valence-corrected chi connectivity index (χ2v) is 6.38. The van der Waals surface area contributed by atoms with Crippen molar-refractivity contribution in [2.24, 2.45) is 11.1 Å². The highest BCUT2D eigenvalue weighted by molar-refractivity contribution is 5.79. The minimum absolute atomic E-state index is 0.00138. The molecule has 2 fully saturated rings. The van der Waals surface area contributed by atoms with E-state index in [1.54, 1.807) is 0 Å². The fourth-order valence-corrected chi connectivity index (χ4v) is 3.00. The summed E-state index contributed by atoms with van der Waals surface area (Å²) in [5.74, 6) is 0.0792. The topological polar surface area (TPSA) is 84.2 Å². The summed E-state index contributed by atoms with van der Waals surface area (Å²) < 4.78 is 0. The molecule has 5 nitrogen and oxygen atoms in total. The van der Waals surface area contributed by atoms with Crippen molar-refractivity contribution in [1.82, 2.24) is 10.6 Å². The van der Waals surface area contributed by atoms with Crippen LogP contribution in [-0.2, 0) is 9.59 Å². The van der Waals surface area contributed by atoms with Gasteiger partial charge < -0.3 is 16.4 Å². The quantitative estimate of drug-likeness (QED) is 0.652. The maximum Gasteiger partial charge on any atom is 0.221 e. The lowest BCUT2D eigenvalue weighted by atomic mass is 9.71. The van der Waals surface area contributed by atoms with E-state index in [9.17, 15) is 9.59 Å². The Morgan fingerprint density at radius 1 is 1.10 bits per heavy atom. The van der Waals surface area contributed by atoms with Gasteiger partial charge in [0.05, 0.1) is 0 Å². The summed E-state index contributed by atoms with van der Waals surface area (Å²) in [6.45, 7) is 1.01. The summed E-state index contributed by atoms with van der Waals surface area (Å²) in [5, 5.41) is 5.78. The third kappa shape index (κ3) is 4.78. The van der Waals surface area contributed by atoms with Gasteiger partial charge in [-0.15, -0.1) is 0 Å². The molecule has 5 heteroatoms. The molecular formula is C15H27N3O2. The molecule has 2 aliphatic rings. The van der Waals surface area contributed by atoms with Crippen molar-refractivity contribution in [3.8, 4) is 0 Å². The molecule has 0 spiro atoms. The van der Waals surface area contributed by atoms with Gasteiger partial charge in [0.1, 0.15) is 0 Å². The molecule has 0 aromatic rings. The molecule has 0 aliphatic heterocycles. The van der Waals surface area contributed by atoms with Crippen LogP contribution in [0.25, 0.3) is 0 Å². The van der Waals surface area contributed by atoms with E-state index in [1.807, 2.05) is 0 Å². The van der Waals surface area contributed by atoms with Crippen LogP contribution in [0.2, 0.25) is 0 Å². The Kier molecular flexibility index (Phi) is 5.40. The van der Waals surface area contributed by atoms with E-state index in [0.717, 1.165) is 25.7 Å². The molecule has 0 atom stereocenters. The van der Waals surface area contributed by atoms with Crippen LogP contribution in [0, 0.1) is 5.41 Å². The van der Waals surface area contributed by atoms with Crippen LogP contribution < -0.4 is 16.4 Å². The van der Waals surface area contributed by atoms with Gasteiger partial charge in [-0.2, -0.15) is 0 Å². The van der Waals surface area contributed by atoms with Crippen molar-refractivity contribution < 1.29 is 9.59 Å². The second kappa shape index (κ2) is 7.07. The summed E-state index contributed by atoms with van der Waals surface area (Å²) in [4.78, 5) is 23.5. The Morgan fingerprint density at radius 2 is 1.80 bits per heavy atom. The van der Waals surface area contributed by atoms with Gasteiger partial charge in [-0.1, -0.05) is 19.3 Å². The van der Waals surface area contributed by atoms with Gasteiger partial charge in [-0.3, -0.25) is 9.59 Å². The van der Waals surface area contributed by atoms with Gasteiger partial charge in [0.2, 0.25) is 11.8 Å². The van der Waals surface area contributed by atoms with E-state index in [1.165, 1.54) is 19.3 Å². The van der Waals surface area contributed by atoms with Crippen molar-refractivity contribution in [3.63, 3.8) is 0 Å². The summed E-state index contributed by atoms with van der Waals surface area (Å²) in [6, 6.07) is 0.390. The molecule has 0 saturated heterocycles. The summed E-state index contributed by atoms with van der Waals surface area (Å²) in [6.07, 6.45) is 8.78. The first-order chi connectivity index (χ1) is 9.63. The number of hydrogen-bond acceptors (Lipinski definition) is 3. The molecule has 0 heterocycles.